The zero-order valence-electron chi connectivity index (χ0n) is 14.1. The summed E-state index contributed by atoms with van der Waals surface area (Å²) in [4.78, 5) is 30.3. The summed E-state index contributed by atoms with van der Waals surface area (Å²) < 4.78 is 0. The van der Waals surface area contributed by atoms with E-state index >= 15 is 0 Å². The van der Waals surface area contributed by atoms with Crippen molar-refractivity contribution >= 4 is 40.6 Å². The molecule has 26 heavy (non-hydrogen) atoms. The van der Waals surface area contributed by atoms with Gasteiger partial charge >= 0.3 is 0 Å². The molecule has 1 aromatic carbocycles. The van der Waals surface area contributed by atoms with Crippen LogP contribution in [-0.4, -0.2) is 16.8 Å². The molecule has 0 fully saturated rings. The number of anilines is 2. The van der Waals surface area contributed by atoms with Crippen LogP contribution in [0.1, 0.15) is 20.1 Å². The van der Waals surface area contributed by atoms with E-state index in [1.54, 1.807) is 66.2 Å². The fourth-order valence-electron chi connectivity index (χ4n) is 2.23. The van der Waals surface area contributed by atoms with E-state index in [1.807, 2.05) is 19.1 Å². The van der Waals surface area contributed by atoms with Crippen LogP contribution in [0.2, 0.25) is 0 Å². The van der Waals surface area contributed by atoms with Crippen molar-refractivity contribution in [1.29, 1.82) is 0 Å². The second kappa shape index (κ2) is 8.22. The fourth-order valence-corrected chi connectivity index (χ4v) is 3.01. The third kappa shape index (κ3) is 4.87. The van der Waals surface area contributed by atoms with Crippen molar-refractivity contribution in [2.24, 2.45) is 0 Å². The van der Waals surface area contributed by atoms with Gasteiger partial charge in [-0.15, -0.1) is 11.3 Å². The summed E-state index contributed by atoms with van der Waals surface area (Å²) in [5.74, 6) is -0.451. The summed E-state index contributed by atoms with van der Waals surface area (Å²) in [7, 11) is 0. The van der Waals surface area contributed by atoms with Gasteiger partial charge in [-0.1, -0.05) is 0 Å². The highest BCUT2D eigenvalue weighted by atomic mass is 32.1. The van der Waals surface area contributed by atoms with Crippen LogP contribution in [0.15, 0.2) is 67.0 Å². The molecular formula is C20H17N3O2S. The average molecular weight is 363 g/mol. The van der Waals surface area contributed by atoms with E-state index in [0.717, 1.165) is 4.88 Å². The van der Waals surface area contributed by atoms with Gasteiger partial charge in [-0.25, -0.2) is 0 Å². The molecule has 0 aliphatic heterocycles. The minimum Gasteiger partial charge on any atom is -0.323 e. The van der Waals surface area contributed by atoms with E-state index in [2.05, 4.69) is 15.6 Å². The molecule has 0 aliphatic rings. The Morgan fingerprint density at radius 2 is 1.81 bits per heavy atom. The lowest BCUT2D eigenvalue weighted by Crippen LogP contribution is -2.12. The number of hydrogen-bond acceptors (Lipinski definition) is 4. The van der Waals surface area contributed by atoms with Crippen molar-refractivity contribution in [3.8, 4) is 0 Å². The van der Waals surface area contributed by atoms with Crippen LogP contribution in [0.3, 0.4) is 0 Å². The van der Waals surface area contributed by atoms with Gasteiger partial charge in [0.25, 0.3) is 5.91 Å². The number of rotatable bonds is 5. The molecule has 2 amide bonds. The molecule has 2 heterocycles. The SMILES string of the molecule is Cc1ccc(/C=C/C(=O)Nc2ccc(C(=O)Nc3cccnc3)cc2)s1. The zero-order valence-corrected chi connectivity index (χ0v) is 14.9. The number of nitrogens with one attached hydrogen (secondary N) is 2. The lowest BCUT2D eigenvalue weighted by atomic mass is 10.2. The van der Waals surface area contributed by atoms with Crippen molar-refractivity contribution in [3.05, 3.63) is 82.3 Å². The van der Waals surface area contributed by atoms with Crippen LogP contribution in [0.25, 0.3) is 6.08 Å². The van der Waals surface area contributed by atoms with Gasteiger partial charge in [-0.05, 0) is 61.5 Å². The maximum absolute atomic E-state index is 12.2. The number of amides is 2. The molecule has 0 aliphatic carbocycles. The Morgan fingerprint density at radius 1 is 1.00 bits per heavy atom. The molecule has 0 atom stereocenters. The zero-order chi connectivity index (χ0) is 18.4. The number of aromatic nitrogens is 1. The van der Waals surface area contributed by atoms with Crippen molar-refractivity contribution < 1.29 is 9.59 Å². The van der Waals surface area contributed by atoms with Crippen LogP contribution in [0, 0.1) is 6.92 Å². The highest BCUT2D eigenvalue weighted by Gasteiger charge is 2.06. The minimum absolute atomic E-state index is 0.219. The molecule has 0 bridgehead atoms. The third-order valence-electron chi connectivity index (χ3n) is 3.49. The smallest absolute Gasteiger partial charge is 0.255 e. The number of benzene rings is 1. The van der Waals surface area contributed by atoms with Gasteiger partial charge in [-0.2, -0.15) is 0 Å². The molecule has 130 valence electrons. The lowest BCUT2D eigenvalue weighted by molar-refractivity contribution is -0.111. The molecule has 0 saturated heterocycles. The Kier molecular flexibility index (Phi) is 5.56. The topological polar surface area (TPSA) is 71.1 Å². The molecular weight excluding hydrogens is 346 g/mol. The molecule has 0 radical (unpaired) electrons. The normalized spacial score (nSPS) is 10.7. The van der Waals surface area contributed by atoms with Gasteiger partial charge < -0.3 is 10.6 Å². The number of pyridine rings is 1. The number of hydrogen-bond donors (Lipinski definition) is 2. The van der Waals surface area contributed by atoms with Crippen LogP contribution >= 0.6 is 11.3 Å². The van der Waals surface area contributed by atoms with Crippen LogP contribution < -0.4 is 10.6 Å². The van der Waals surface area contributed by atoms with Crippen molar-refractivity contribution in [1.82, 2.24) is 4.98 Å². The minimum atomic E-state index is -0.233. The van der Waals surface area contributed by atoms with Gasteiger partial charge in [-0.3, -0.25) is 14.6 Å². The summed E-state index contributed by atoms with van der Waals surface area (Å²) in [6, 6.07) is 14.2. The Hall–Kier alpha value is -3.25. The highest BCUT2D eigenvalue weighted by Crippen LogP contribution is 2.17. The molecule has 3 rings (SSSR count). The number of thiophene rings is 1. The highest BCUT2D eigenvalue weighted by molar-refractivity contribution is 7.12. The van der Waals surface area contributed by atoms with Crippen LogP contribution in [-0.2, 0) is 4.79 Å². The Morgan fingerprint density at radius 3 is 2.46 bits per heavy atom. The molecule has 0 saturated carbocycles. The number of aryl methyl sites for hydroxylation is 1. The van der Waals surface area contributed by atoms with E-state index in [9.17, 15) is 9.59 Å². The predicted molar refractivity (Wildman–Crippen MR) is 105 cm³/mol. The number of carbonyl (C=O) groups is 2. The van der Waals surface area contributed by atoms with E-state index in [4.69, 9.17) is 0 Å². The molecule has 5 nitrogen and oxygen atoms in total. The van der Waals surface area contributed by atoms with Gasteiger partial charge in [0.15, 0.2) is 0 Å². The molecule has 2 aromatic heterocycles. The summed E-state index contributed by atoms with van der Waals surface area (Å²) in [5.41, 5.74) is 1.75. The van der Waals surface area contributed by atoms with Gasteiger partial charge in [0.1, 0.15) is 0 Å². The molecule has 0 unspecified atom stereocenters. The van der Waals surface area contributed by atoms with Crippen molar-refractivity contribution in [3.63, 3.8) is 0 Å². The quantitative estimate of drug-likeness (QED) is 0.662. The van der Waals surface area contributed by atoms with E-state index in [-0.39, 0.29) is 11.8 Å². The maximum atomic E-state index is 12.2. The molecule has 3 aromatic rings. The second-order valence-electron chi connectivity index (χ2n) is 5.54. The number of nitrogens with zero attached hydrogens (tertiary/aromatic N) is 1. The lowest BCUT2D eigenvalue weighted by Gasteiger charge is -2.06. The summed E-state index contributed by atoms with van der Waals surface area (Å²) >= 11 is 1.63. The van der Waals surface area contributed by atoms with E-state index < -0.39 is 0 Å². The van der Waals surface area contributed by atoms with Crippen molar-refractivity contribution in [2.75, 3.05) is 10.6 Å². The largest absolute Gasteiger partial charge is 0.323 e. The van der Waals surface area contributed by atoms with Crippen LogP contribution in [0.5, 0.6) is 0 Å². The predicted octanol–water partition coefficient (Wildman–Crippen LogP) is 4.36. The first kappa shape index (κ1) is 17.6. The first-order valence-corrected chi connectivity index (χ1v) is 8.79. The average Bonchev–Trinajstić information content (AvgIpc) is 3.07. The molecule has 0 spiro atoms. The summed E-state index contributed by atoms with van der Waals surface area (Å²) in [5, 5.41) is 5.53. The van der Waals surface area contributed by atoms with E-state index in [0.29, 0.717) is 16.9 Å². The standard InChI is InChI=1S/C20H17N3O2S/c1-14-4-9-18(26-14)10-11-19(24)22-16-7-5-15(6-8-16)20(25)23-17-3-2-12-21-13-17/h2-13H,1H3,(H,22,24)(H,23,25)/b11-10+. The Balaban J connectivity index is 1.57. The Labute approximate surface area is 155 Å². The van der Waals surface area contributed by atoms with Gasteiger partial charge in [0.05, 0.1) is 11.9 Å². The second-order valence-corrected chi connectivity index (χ2v) is 6.86. The first-order valence-electron chi connectivity index (χ1n) is 7.97. The summed E-state index contributed by atoms with van der Waals surface area (Å²) in [6.45, 7) is 2.02. The third-order valence-corrected chi connectivity index (χ3v) is 4.46. The maximum Gasteiger partial charge on any atom is 0.255 e. The van der Waals surface area contributed by atoms with Gasteiger partial charge in [0.2, 0.25) is 5.91 Å². The van der Waals surface area contributed by atoms with Gasteiger partial charge in [0, 0.05) is 33.3 Å². The van der Waals surface area contributed by atoms with Crippen molar-refractivity contribution in [2.45, 2.75) is 6.92 Å². The Bertz CT molecular complexity index is 931. The molecule has 2 N–H and O–H groups in total. The first-order chi connectivity index (χ1) is 12.6. The monoisotopic (exact) mass is 363 g/mol. The van der Waals surface area contributed by atoms with E-state index in [1.165, 1.54) is 11.0 Å². The van der Waals surface area contributed by atoms with Crippen LogP contribution in [0.4, 0.5) is 11.4 Å². The number of carbonyl (C=O) groups excluding carboxylic acids is 2. The summed E-state index contributed by atoms with van der Waals surface area (Å²) in [6.07, 6.45) is 6.49. The molecule has 6 heteroatoms. The fraction of sp³-hybridized carbons (Fsp3) is 0.0500.